The Kier molecular flexibility index (Phi) is 14.1. The van der Waals surface area contributed by atoms with Crippen LogP contribution >= 0.6 is 0 Å². The molecule has 2 rings (SSSR count). The summed E-state index contributed by atoms with van der Waals surface area (Å²) in [7, 11) is 0. The third-order valence-electron chi connectivity index (χ3n) is 6.16. The smallest absolute Gasteiger partial charge is 0.332 e. The topological polar surface area (TPSA) is 166 Å². The van der Waals surface area contributed by atoms with E-state index in [1.54, 1.807) is 0 Å². The van der Waals surface area contributed by atoms with E-state index in [0.717, 1.165) is 17.7 Å². The molecule has 0 fully saturated rings. The summed E-state index contributed by atoms with van der Waals surface area (Å²) in [6, 6.07) is 19.1. The molecule has 0 saturated carbocycles. The lowest BCUT2D eigenvalue weighted by Gasteiger charge is -2.25. The molecule has 0 amide bonds. The van der Waals surface area contributed by atoms with Gasteiger partial charge in [0.2, 0.25) is 0 Å². The minimum atomic E-state index is -2.93. The predicted molar refractivity (Wildman–Crippen MR) is 144 cm³/mol. The molecule has 0 saturated heterocycles. The van der Waals surface area contributed by atoms with Crippen molar-refractivity contribution >= 4 is 17.9 Å². The lowest BCUT2D eigenvalue weighted by atomic mass is 9.84. The molecule has 11 heteroatoms. The van der Waals surface area contributed by atoms with Crippen LogP contribution in [0, 0.1) is 5.41 Å². The molecule has 0 aliphatic rings. The van der Waals surface area contributed by atoms with Crippen LogP contribution in [0.2, 0.25) is 0 Å². The Labute approximate surface area is 228 Å². The van der Waals surface area contributed by atoms with E-state index in [2.05, 4.69) is 16.0 Å². The summed E-state index contributed by atoms with van der Waals surface area (Å²) >= 11 is 0. The number of hydrogen-bond donors (Lipinski definition) is 6. The lowest BCUT2D eigenvalue weighted by molar-refractivity contribution is -0.176. The monoisotopic (exact) mass is 545 g/mol. The fraction of sp³-hybridized carbons (Fsp3) is 0.464. The maximum atomic E-state index is 11.5. The molecule has 2 aromatic rings. The van der Waals surface area contributed by atoms with Crippen molar-refractivity contribution in [2.24, 2.45) is 5.41 Å². The van der Waals surface area contributed by atoms with Crippen molar-refractivity contribution in [3.63, 3.8) is 0 Å². The molecule has 0 radical (unpaired) electrons. The average Bonchev–Trinajstić information content (AvgIpc) is 2.91. The number of hydrogen-bond acceptors (Lipinski definition) is 8. The summed E-state index contributed by atoms with van der Waals surface area (Å²) in [5.74, 6) is -5.74. The van der Waals surface area contributed by atoms with E-state index in [4.69, 9.17) is 9.47 Å². The molecule has 0 heterocycles. The Morgan fingerprint density at radius 3 is 1.59 bits per heavy atom. The molecule has 2 aromatic carbocycles. The highest BCUT2D eigenvalue weighted by Crippen LogP contribution is 2.23. The summed E-state index contributed by atoms with van der Waals surface area (Å²) in [4.78, 5) is 34.6. The molecule has 2 atom stereocenters. The van der Waals surface area contributed by atoms with Gasteiger partial charge in [0.05, 0.1) is 26.4 Å². The fourth-order valence-electron chi connectivity index (χ4n) is 3.95. The maximum absolute atomic E-state index is 11.5. The molecule has 39 heavy (non-hydrogen) atoms. The molecule has 2 unspecified atom stereocenters. The first-order valence-corrected chi connectivity index (χ1v) is 12.9. The Balaban J connectivity index is 1.92. The van der Waals surface area contributed by atoms with E-state index >= 15 is 0 Å². The molecular formula is C28H39N3O8. The highest BCUT2D eigenvalue weighted by Gasteiger charge is 2.54. The summed E-state index contributed by atoms with van der Waals surface area (Å²) in [6.07, 6.45) is -0.629. The second-order valence-corrected chi connectivity index (χ2v) is 9.14. The minimum absolute atomic E-state index is 0.0308. The van der Waals surface area contributed by atoms with Crippen LogP contribution in [0.1, 0.15) is 24.5 Å². The summed E-state index contributed by atoms with van der Waals surface area (Å²) in [6.45, 7) is 5.17. The minimum Gasteiger partial charge on any atom is -0.480 e. The maximum Gasteiger partial charge on any atom is 0.332 e. The highest BCUT2D eigenvalue weighted by atomic mass is 16.5. The van der Waals surface area contributed by atoms with Gasteiger partial charge in [-0.3, -0.25) is 14.4 Å². The summed E-state index contributed by atoms with van der Waals surface area (Å²) < 4.78 is 11.7. The first-order valence-electron chi connectivity index (χ1n) is 12.9. The third-order valence-corrected chi connectivity index (χ3v) is 6.16. The standard InChI is InChI=1S/C28H39N3O8/c1-2-30-23(19-38-17-21-9-5-3-6-10-21)15-29-16-24(20-39-18-22-11-7-4-8-12-22)31-14-13-28(25(32)33,26(34)35)27(36)37/h3-12,23-24,29-31H,2,13-20H2,1H3,(H,32,33)(H,34,35)(H,36,37). The first-order chi connectivity index (χ1) is 18.8. The quantitative estimate of drug-likeness (QED) is 0.126. The Bertz CT molecular complexity index is 970. The van der Waals surface area contributed by atoms with Crippen LogP contribution in [0.25, 0.3) is 0 Å². The van der Waals surface area contributed by atoms with Gasteiger partial charge in [0.1, 0.15) is 0 Å². The van der Waals surface area contributed by atoms with Gasteiger partial charge in [0.25, 0.3) is 5.41 Å². The van der Waals surface area contributed by atoms with Gasteiger partial charge in [-0.25, -0.2) is 0 Å². The number of aliphatic carboxylic acids is 3. The number of carboxylic acids is 3. The van der Waals surface area contributed by atoms with Gasteiger partial charge in [-0.05, 0) is 30.6 Å². The lowest BCUT2D eigenvalue weighted by Crippen LogP contribution is -2.51. The molecule has 0 spiro atoms. The van der Waals surface area contributed by atoms with Crippen molar-refractivity contribution in [3.05, 3.63) is 71.8 Å². The van der Waals surface area contributed by atoms with Gasteiger partial charge in [0, 0.05) is 25.2 Å². The SMILES string of the molecule is CCNC(CNCC(COCc1ccccc1)NCCC(C(=O)O)(C(=O)O)C(=O)O)COCc1ccccc1. The van der Waals surface area contributed by atoms with Crippen LogP contribution in [0.5, 0.6) is 0 Å². The Morgan fingerprint density at radius 1 is 0.744 bits per heavy atom. The van der Waals surface area contributed by atoms with Gasteiger partial charge < -0.3 is 40.7 Å². The van der Waals surface area contributed by atoms with Crippen LogP contribution in [-0.4, -0.2) is 84.7 Å². The Morgan fingerprint density at radius 2 is 1.18 bits per heavy atom. The van der Waals surface area contributed by atoms with E-state index in [1.165, 1.54) is 0 Å². The Hall–Kier alpha value is -3.35. The number of benzene rings is 2. The van der Waals surface area contributed by atoms with E-state index < -0.39 is 29.7 Å². The molecule has 11 nitrogen and oxygen atoms in total. The van der Waals surface area contributed by atoms with Crippen LogP contribution < -0.4 is 16.0 Å². The van der Waals surface area contributed by atoms with Crippen LogP contribution in [0.15, 0.2) is 60.7 Å². The predicted octanol–water partition coefficient (Wildman–Crippen LogP) is 1.58. The van der Waals surface area contributed by atoms with Crippen LogP contribution in [0.3, 0.4) is 0 Å². The number of rotatable bonds is 21. The zero-order valence-electron chi connectivity index (χ0n) is 22.2. The second kappa shape index (κ2) is 17.3. The molecule has 0 aliphatic carbocycles. The number of likely N-dealkylation sites (N-methyl/N-ethyl adjacent to an activating group) is 1. The molecule has 6 N–H and O–H groups in total. The largest absolute Gasteiger partial charge is 0.480 e. The first kappa shape index (κ1) is 31.9. The molecular weight excluding hydrogens is 506 g/mol. The number of carboxylic acid groups (broad SMARTS) is 3. The zero-order chi connectivity index (χ0) is 28.5. The number of nitrogens with one attached hydrogen (secondary N) is 3. The average molecular weight is 546 g/mol. The van der Waals surface area contributed by atoms with Gasteiger partial charge in [0.15, 0.2) is 0 Å². The van der Waals surface area contributed by atoms with Crippen molar-refractivity contribution in [3.8, 4) is 0 Å². The highest BCUT2D eigenvalue weighted by molar-refractivity contribution is 6.16. The van der Waals surface area contributed by atoms with E-state index in [0.29, 0.717) is 32.9 Å². The van der Waals surface area contributed by atoms with Crippen molar-refractivity contribution in [2.75, 3.05) is 39.4 Å². The van der Waals surface area contributed by atoms with Gasteiger partial charge in [-0.15, -0.1) is 0 Å². The normalized spacial score (nSPS) is 13.1. The fourth-order valence-corrected chi connectivity index (χ4v) is 3.95. The third kappa shape index (κ3) is 10.7. The zero-order valence-corrected chi connectivity index (χ0v) is 22.2. The van der Waals surface area contributed by atoms with Crippen LogP contribution in [-0.2, 0) is 37.1 Å². The van der Waals surface area contributed by atoms with Crippen LogP contribution in [0.4, 0.5) is 0 Å². The summed E-state index contributed by atoms with van der Waals surface area (Å²) in [5, 5.41) is 37.8. The summed E-state index contributed by atoms with van der Waals surface area (Å²) in [5.41, 5.74) is -0.864. The second-order valence-electron chi connectivity index (χ2n) is 9.14. The molecule has 0 aliphatic heterocycles. The number of ether oxygens (including phenoxy) is 2. The number of carbonyl (C=O) groups is 3. The van der Waals surface area contributed by atoms with Gasteiger partial charge in [-0.1, -0.05) is 67.6 Å². The van der Waals surface area contributed by atoms with Crippen molar-refractivity contribution in [1.82, 2.24) is 16.0 Å². The van der Waals surface area contributed by atoms with Crippen molar-refractivity contribution in [1.29, 1.82) is 0 Å². The van der Waals surface area contributed by atoms with E-state index in [1.807, 2.05) is 67.6 Å². The van der Waals surface area contributed by atoms with Crippen molar-refractivity contribution < 1.29 is 39.2 Å². The molecule has 0 aromatic heterocycles. The van der Waals surface area contributed by atoms with E-state index in [-0.39, 0.29) is 25.2 Å². The van der Waals surface area contributed by atoms with E-state index in [9.17, 15) is 29.7 Å². The molecule has 0 bridgehead atoms. The van der Waals surface area contributed by atoms with Gasteiger partial charge in [-0.2, -0.15) is 0 Å². The van der Waals surface area contributed by atoms with Gasteiger partial charge >= 0.3 is 17.9 Å². The van der Waals surface area contributed by atoms with Crippen molar-refractivity contribution in [2.45, 2.75) is 38.6 Å². The molecule has 214 valence electrons.